The fraction of sp³-hybridized carbons (Fsp3) is 0.235. The standard InChI is InChI=1S/C17H21N3O/c1-12-7-6-8-14(11-12)19-17(21)20-16-10-5-4-9-15(16)13(2)18-3/h4-11,13,18H,1-3H3,(H2,19,20,21). The fourth-order valence-corrected chi connectivity index (χ4v) is 2.15. The van der Waals surface area contributed by atoms with E-state index in [2.05, 4.69) is 22.9 Å². The lowest BCUT2D eigenvalue weighted by atomic mass is 10.1. The van der Waals surface area contributed by atoms with E-state index in [-0.39, 0.29) is 12.1 Å². The number of benzene rings is 2. The SMILES string of the molecule is CNC(C)c1ccccc1NC(=O)Nc1cccc(C)c1. The normalized spacial score (nSPS) is 11.8. The molecule has 1 unspecified atom stereocenters. The van der Waals surface area contributed by atoms with Crippen molar-refractivity contribution in [2.75, 3.05) is 17.7 Å². The molecule has 3 N–H and O–H groups in total. The van der Waals surface area contributed by atoms with E-state index in [1.165, 1.54) is 0 Å². The number of hydrogen-bond donors (Lipinski definition) is 3. The molecule has 4 nitrogen and oxygen atoms in total. The van der Waals surface area contributed by atoms with Crippen LogP contribution in [0.2, 0.25) is 0 Å². The first kappa shape index (κ1) is 15.1. The van der Waals surface area contributed by atoms with Crippen LogP contribution in [0.5, 0.6) is 0 Å². The van der Waals surface area contributed by atoms with E-state index < -0.39 is 0 Å². The Morgan fingerprint density at radius 1 is 1.05 bits per heavy atom. The van der Waals surface area contributed by atoms with Crippen LogP contribution >= 0.6 is 0 Å². The van der Waals surface area contributed by atoms with E-state index in [1.807, 2.05) is 62.5 Å². The van der Waals surface area contributed by atoms with Crippen LogP contribution in [0.15, 0.2) is 48.5 Å². The summed E-state index contributed by atoms with van der Waals surface area (Å²) >= 11 is 0. The van der Waals surface area contributed by atoms with Crippen molar-refractivity contribution in [2.24, 2.45) is 0 Å². The van der Waals surface area contributed by atoms with Crippen molar-refractivity contribution in [3.63, 3.8) is 0 Å². The number of aryl methyl sites for hydroxylation is 1. The number of hydrogen-bond acceptors (Lipinski definition) is 2. The van der Waals surface area contributed by atoms with Crippen molar-refractivity contribution < 1.29 is 4.79 Å². The molecule has 0 bridgehead atoms. The summed E-state index contributed by atoms with van der Waals surface area (Å²) < 4.78 is 0. The van der Waals surface area contributed by atoms with Gasteiger partial charge in [-0.3, -0.25) is 0 Å². The second-order valence-electron chi connectivity index (χ2n) is 5.05. The maximum absolute atomic E-state index is 12.1. The minimum atomic E-state index is -0.239. The van der Waals surface area contributed by atoms with Crippen molar-refractivity contribution in [2.45, 2.75) is 19.9 Å². The van der Waals surface area contributed by atoms with E-state index in [9.17, 15) is 4.79 Å². The zero-order valence-electron chi connectivity index (χ0n) is 12.6. The van der Waals surface area contributed by atoms with Crippen molar-refractivity contribution in [3.8, 4) is 0 Å². The van der Waals surface area contributed by atoms with E-state index in [0.717, 1.165) is 22.5 Å². The van der Waals surface area contributed by atoms with Gasteiger partial charge in [-0.25, -0.2) is 4.79 Å². The van der Waals surface area contributed by atoms with Gasteiger partial charge in [0.05, 0.1) is 0 Å². The molecule has 2 amide bonds. The first-order valence-electron chi connectivity index (χ1n) is 7.01. The highest BCUT2D eigenvalue weighted by Gasteiger charge is 2.10. The highest BCUT2D eigenvalue weighted by atomic mass is 16.2. The second-order valence-corrected chi connectivity index (χ2v) is 5.05. The molecule has 0 aromatic heterocycles. The molecule has 2 aromatic carbocycles. The lowest BCUT2D eigenvalue weighted by Gasteiger charge is -2.16. The number of carbonyl (C=O) groups excluding carboxylic acids is 1. The molecule has 4 heteroatoms. The smallest absolute Gasteiger partial charge is 0.313 e. The minimum absolute atomic E-state index is 0.167. The average molecular weight is 283 g/mol. The Balaban J connectivity index is 2.09. The number of urea groups is 1. The van der Waals surface area contributed by atoms with Crippen LogP contribution in [0.4, 0.5) is 16.2 Å². The third kappa shape index (κ3) is 4.07. The van der Waals surface area contributed by atoms with Gasteiger partial charge in [-0.1, -0.05) is 30.3 Å². The second kappa shape index (κ2) is 6.90. The maximum Gasteiger partial charge on any atom is 0.323 e. The van der Waals surface area contributed by atoms with Gasteiger partial charge in [-0.05, 0) is 50.2 Å². The average Bonchev–Trinajstić information content (AvgIpc) is 2.47. The van der Waals surface area contributed by atoms with Gasteiger partial charge in [-0.2, -0.15) is 0 Å². The van der Waals surface area contributed by atoms with Crippen LogP contribution < -0.4 is 16.0 Å². The molecule has 2 rings (SSSR count). The third-order valence-corrected chi connectivity index (χ3v) is 3.38. The summed E-state index contributed by atoms with van der Waals surface area (Å²) in [4.78, 5) is 12.1. The number of para-hydroxylation sites is 1. The topological polar surface area (TPSA) is 53.2 Å². The van der Waals surface area contributed by atoms with Crippen LogP contribution in [0.25, 0.3) is 0 Å². The number of carbonyl (C=O) groups is 1. The largest absolute Gasteiger partial charge is 0.323 e. The lowest BCUT2D eigenvalue weighted by molar-refractivity contribution is 0.262. The number of anilines is 2. The summed E-state index contributed by atoms with van der Waals surface area (Å²) in [6.07, 6.45) is 0. The molecule has 1 atom stereocenters. The Morgan fingerprint density at radius 3 is 2.52 bits per heavy atom. The summed E-state index contributed by atoms with van der Waals surface area (Å²) in [5.41, 5.74) is 3.76. The Labute approximate surface area is 125 Å². The van der Waals surface area contributed by atoms with Crippen LogP contribution in [-0.2, 0) is 0 Å². The molecule has 0 fully saturated rings. The van der Waals surface area contributed by atoms with Gasteiger partial charge in [0.25, 0.3) is 0 Å². The first-order valence-corrected chi connectivity index (χ1v) is 7.01. The van der Waals surface area contributed by atoms with E-state index in [0.29, 0.717) is 0 Å². The maximum atomic E-state index is 12.1. The molecule has 2 aromatic rings. The van der Waals surface area contributed by atoms with Crippen molar-refractivity contribution >= 4 is 17.4 Å². The summed E-state index contributed by atoms with van der Waals surface area (Å²) in [6.45, 7) is 4.05. The molecule has 0 radical (unpaired) electrons. The Kier molecular flexibility index (Phi) is 4.95. The Hall–Kier alpha value is -2.33. The van der Waals surface area contributed by atoms with Crippen LogP contribution in [0, 0.1) is 6.92 Å². The van der Waals surface area contributed by atoms with E-state index in [1.54, 1.807) is 0 Å². The van der Waals surface area contributed by atoms with Gasteiger partial charge in [-0.15, -0.1) is 0 Å². The summed E-state index contributed by atoms with van der Waals surface area (Å²) in [5.74, 6) is 0. The molecule has 0 heterocycles. The van der Waals surface area contributed by atoms with Crippen LogP contribution in [0.1, 0.15) is 24.1 Å². The van der Waals surface area contributed by atoms with Crippen molar-refractivity contribution in [1.29, 1.82) is 0 Å². The number of amides is 2. The zero-order chi connectivity index (χ0) is 15.2. The predicted molar refractivity (Wildman–Crippen MR) is 87.7 cm³/mol. The van der Waals surface area contributed by atoms with Crippen LogP contribution in [0.3, 0.4) is 0 Å². The van der Waals surface area contributed by atoms with Gasteiger partial charge in [0, 0.05) is 17.4 Å². The molecule has 0 aliphatic carbocycles. The summed E-state index contributed by atoms with van der Waals surface area (Å²) in [6, 6.07) is 15.4. The van der Waals surface area contributed by atoms with Crippen LogP contribution in [-0.4, -0.2) is 13.1 Å². The highest BCUT2D eigenvalue weighted by molar-refractivity contribution is 6.00. The highest BCUT2D eigenvalue weighted by Crippen LogP contribution is 2.22. The summed E-state index contributed by atoms with van der Waals surface area (Å²) in [5, 5.41) is 8.93. The molecule has 0 spiro atoms. The van der Waals surface area contributed by atoms with Gasteiger partial charge < -0.3 is 16.0 Å². The Bertz CT molecular complexity index is 625. The quantitative estimate of drug-likeness (QED) is 0.796. The lowest BCUT2D eigenvalue weighted by Crippen LogP contribution is -2.22. The monoisotopic (exact) mass is 283 g/mol. The zero-order valence-corrected chi connectivity index (χ0v) is 12.6. The molecule has 0 saturated heterocycles. The van der Waals surface area contributed by atoms with Crippen molar-refractivity contribution in [3.05, 3.63) is 59.7 Å². The number of nitrogens with one attached hydrogen (secondary N) is 3. The minimum Gasteiger partial charge on any atom is -0.313 e. The van der Waals surface area contributed by atoms with Crippen molar-refractivity contribution in [1.82, 2.24) is 5.32 Å². The fourth-order valence-electron chi connectivity index (χ4n) is 2.15. The number of rotatable bonds is 4. The molecule has 110 valence electrons. The molecular formula is C17H21N3O. The first-order chi connectivity index (χ1) is 10.1. The molecule has 0 aliphatic heterocycles. The van der Waals surface area contributed by atoms with Gasteiger partial charge >= 0.3 is 6.03 Å². The van der Waals surface area contributed by atoms with Gasteiger partial charge in [0.15, 0.2) is 0 Å². The predicted octanol–water partition coefficient (Wildman–Crippen LogP) is 3.92. The van der Waals surface area contributed by atoms with E-state index >= 15 is 0 Å². The summed E-state index contributed by atoms with van der Waals surface area (Å²) in [7, 11) is 1.90. The Morgan fingerprint density at radius 2 is 1.81 bits per heavy atom. The molecule has 21 heavy (non-hydrogen) atoms. The van der Waals surface area contributed by atoms with E-state index in [4.69, 9.17) is 0 Å². The van der Waals surface area contributed by atoms with Gasteiger partial charge in [0.1, 0.15) is 0 Å². The van der Waals surface area contributed by atoms with Gasteiger partial charge in [0.2, 0.25) is 0 Å². The molecule has 0 saturated carbocycles. The third-order valence-electron chi connectivity index (χ3n) is 3.38. The molecule has 0 aliphatic rings. The molecular weight excluding hydrogens is 262 g/mol.